The first kappa shape index (κ1) is 16.0. The molecular formula is C18H16FN3O2S. The molecule has 0 saturated heterocycles. The summed E-state index contributed by atoms with van der Waals surface area (Å²) in [5.41, 5.74) is 1.64. The van der Waals surface area contributed by atoms with E-state index in [1.165, 1.54) is 28.3 Å². The van der Waals surface area contributed by atoms with Crippen LogP contribution in [-0.2, 0) is 19.3 Å². The van der Waals surface area contributed by atoms with E-state index in [-0.39, 0.29) is 17.2 Å². The van der Waals surface area contributed by atoms with E-state index in [9.17, 15) is 14.0 Å². The maximum Gasteiger partial charge on any atom is 0.287 e. The first-order valence-corrected chi connectivity index (χ1v) is 9.00. The van der Waals surface area contributed by atoms with Gasteiger partial charge >= 0.3 is 0 Å². The highest BCUT2D eigenvalue weighted by Gasteiger charge is 2.22. The molecule has 2 aromatic heterocycles. The van der Waals surface area contributed by atoms with E-state index < -0.39 is 5.91 Å². The van der Waals surface area contributed by atoms with Crippen molar-refractivity contribution in [1.82, 2.24) is 15.3 Å². The van der Waals surface area contributed by atoms with Gasteiger partial charge in [-0.05, 0) is 48.9 Å². The maximum absolute atomic E-state index is 13.1. The van der Waals surface area contributed by atoms with Gasteiger partial charge < -0.3 is 10.3 Å². The normalized spacial score (nSPS) is 13.2. The lowest BCUT2D eigenvalue weighted by Gasteiger charge is -2.05. The van der Waals surface area contributed by atoms with Gasteiger partial charge in [0, 0.05) is 11.4 Å². The predicted molar refractivity (Wildman–Crippen MR) is 94.7 cm³/mol. The van der Waals surface area contributed by atoms with Gasteiger partial charge in [-0.15, -0.1) is 11.3 Å². The summed E-state index contributed by atoms with van der Waals surface area (Å²) in [6.45, 7) is 0.338. The molecule has 0 atom stereocenters. The van der Waals surface area contributed by atoms with Gasteiger partial charge in [0.05, 0.1) is 5.39 Å². The number of rotatable bonds is 4. The molecule has 0 unspecified atom stereocenters. The number of aryl methyl sites for hydroxylation is 2. The number of carbonyl (C=O) groups excluding carboxylic acids is 1. The predicted octanol–water partition coefficient (Wildman–Crippen LogP) is 2.58. The Morgan fingerprint density at radius 1 is 1.36 bits per heavy atom. The molecule has 7 heteroatoms. The summed E-state index contributed by atoms with van der Waals surface area (Å²) < 4.78 is 13.1. The van der Waals surface area contributed by atoms with Gasteiger partial charge in [0.15, 0.2) is 0 Å². The smallest absolute Gasteiger partial charge is 0.287 e. The molecule has 25 heavy (non-hydrogen) atoms. The van der Waals surface area contributed by atoms with E-state index in [1.807, 2.05) is 0 Å². The van der Waals surface area contributed by atoms with Crippen LogP contribution in [0, 0.1) is 5.82 Å². The minimum atomic E-state index is -0.427. The van der Waals surface area contributed by atoms with Gasteiger partial charge in [-0.25, -0.2) is 9.37 Å². The third-order valence-electron chi connectivity index (χ3n) is 4.38. The van der Waals surface area contributed by atoms with Crippen LogP contribution in [0.2, 0.25) is 0 Å². The second-order valence-electron chi connectivity index (χ2n) is 6.09. The first-order valence-electron chi connectivity index (χ1n) is 8.19. The van der Waals surface area contributed by atoms with Crippen molar-refractivity contribution in [3.63, 3.8) is 0 Å². The minimum Gasteiger partial charge on any atom is -0.349 e. The van der Waals surface area contributed by atoms with Crippen molar-refractivity contribution in [3.8, 4) is 0 Å². The highest BCUT2D eigenvalue weighted by molar-refractivity contribution is 7.18. The molecule has 1 amide bonds. The van der Waals surface area contributed by atoms with Crippen molar-refractivity contribution in [2.75, 3.05) is 6.54 Å². The molecule has 0 spiro atoms. The number of nitrogens with one attached hydrogen (secondary N) is 2. The molecule has 1 aliphatic rings. The molecule has 0 saturated carbocycles. The molecule has 1 aromatic carbocycles. The molecule has 3 aromatic rings. The van der Waals surface area contributed by atoms with E-state index in [2.05, 4.69) is 15.3 Å². The van der Waals surface area contributed by atoms with E-state index in [0.29, 0.717) is 23.2 Å². The Bertz CT molecular complexity index is 1020. The van der Waals surface area contributed by atoms with E-state index in [1.54, 1.807) is 12.1 Å². The molecule has 4 rings (SSSR count). The number of aromatic nitrogens is 2. The average molecular weight is 357 g/mol. The van der Waals surface area contributed by atoms with Crippen molar-refractivity contribution >= 4 is 27.5 Å². The molecule has 5 nitrogen and oxygen atoms in total. The van der Waals surface area contributed by atoms with Crippen molar-refractivity contribution in [2.45, 2.75) is 25.7 Å². The topological polar surface area (TPSA) is 74.8 Å². The average Bonchev–Trinajstić information content (AvgIpc) is 3.15. The van der Waals surface area contributed by atoms with Crippen LogP contribution < -0.4 is 10.9 Å². The third kappa shape index (κ3) is 3.07. The fourth-order valence-electron chi connectivity index (χ4n) is 3.21. The Labute approximate surface area is 146 Å². The fourth-order valence-corrected chi connectivity index (χ4v) is 4.47. The summed E-state index contributed by atoms with van der Waals surface area (Å²) in [5, 5.41) is 3.35. The number of fused-ring (bicyclic) bond motifs is 3. The zero-order valence-corrected chi connectivity index (χ0v) is 14.2. The van der Waals surface area contributed by atoms with Gasteiger partial charge in [-0.1, -0.05) is 12.1 Å². The molecule has 2 heterocycles. The molecule has 128 valence electrons. The number of halogens is 1. The highest BCUT2D eigenvalue weighted by atomic mass is 32.1. The molecule has 1 aliphatic carbocycles. The second-order valence-corrected chi connectivity index (χ2v) is 7.17. The largest absolute Gasteiger partial charge is 0.349 e. The summed E-state index contributed by atoms with van der Waals surface area (Å²) >= 11 is 1.50. The van der Waals surface area contributed by atoms with Crippen LogP contribution in [0.4, 0.5) is 4.39 Å². The number of thiophene rings is 1. The van der Waals surface area contributed by atoms with E-state index in [4.69, 9.17) is 0 Å². The standard InChI is InChI=1S/C18H16FN3O2S/c19-11-4-1-3-10(9-11)7-8-20-17(24)15-21-16(23)14-12-5-2-6-13(12)25-18(14)22-15/h1,3-4,9H,2,5-8H2,(H,20,24)(H,21,22,23). The van der Waals surface area contributed by atoms with Crippen LogP contribution in [0.3, 0.4) is 0 Å². The number of nitrogens with zero attached hydrogens (tertiary/aromatic N) is 1. The summed E-state index contributed by atoms with van der Waals surface area (Å²) in [4.78, 5) is 33.4. The van der Waals surface area contributed by atoms with Crippen LogP contribution in [0.25, 0.3) is 10.2 Å². The van der Waals surface area contributed by atoms with Crippen molar-refractivity contribution < 1.29 is 9.18 Å². The molecule has 0 aliphatic heterocycles. The summed E-state index contributed by atoms with van der Waals surface area (Å²) in [5.74, 6) is -0.702. The van der Waals surface area contributed by atoms with Crippen LogP contribution in [-0.4, -0.2) is 22.4 Å². The number of hydrogen-bond donors (Lipinski definition) is 2. The monoisotopic (exact) mass is 357 g/mol. The number of carbonyl (C=O) groups is 1. The summed E-state index contributed by atoms with van der Waals surface area (Å²) in [7, 11) is 0. The Balaban J connectivity index is 1.49. The lowest BCUT2D eigenvalue weighted by atomic mass is 10.1. The Kier molecular flexibility index (Phi) is 4.09. The minimum absolute atomic E-state index is 0.0247. The third-order valence-corrected chi connectivity index (χ3v) is 5.56. The summed E-state index contributed by atoms with van der Waals surface area (Å²) in [6, 6.07) is 6.25. The number of benzene rings is 1. The van der Waals surface area contributed by atoms with Crippen LogP contribution in [0.5, 0.6) is 0 Å². The highest BCUT2D eigenvalue weighted by Crippen LogP contribution is 2.34. The zero-order chi connectivity index (χ0) is 17.4. The lowest BCUT2D eigenvalue weighted by molar-refractivity contribution is 0.0944. The Morgan fingerprint density at radius 3 is 3.08 bits per heavy atom. The van der Waals surface area contributed by atoms with E-state index in [0.717, 1.165) is 30.4 Å². The van der Waals surface area contributed by atoms with Gasteiger partial charge in [0.1, 0.15) is 10.6 Å². The van der Waals surface area contributed by atoms with Gasteiger partial charge in [0.25, 0.3) is 11.5 Å². The molecule has 0 bridgehead atoms. The molecular weight excluding hydrogens is 341 g/mol. The van der Waals surface area contributed by atoms with Crippen molar-refractivity contribution in [2.24, 2.45) is 0 Å². The SMILES string of the molecule is O=C(NCCc1cccc(F)c1)c1nc2sc3c(c2c(=O)[nH]1)CCC3. The van der Waals surface area contributed by atoms with E-state index >= 15 is 0 Å². The maximum atomic E-state index is 13.1. The van der Waals surface area contributed by atoms with Crippen molar-refractivity contribution in [3.05, 3.63) is 62.3 Å². The Hall–Kier alpha value is -2.54. The van der Waals surface area contributed by atoms with Crippen molar-refractivity contribution in [1.29, 1.82) is 0 Å². The van der Waals surface area contributed by atoms with Crippen LogP contribution in [0.1, 0.15) is 33.0 Å². The number of aromatic amines is 1. The lowest BCUT2D eigenvalue weighted by Crippen LogP contribution is -2.29. The second kappa shape index (κ2) is 6.40. The molecule has 0 fully saturated rings. The van der Waals surface area contributed by atoms with Crippen LogP contribution >= 0.6 is 11.3 Å². The first-order chi connectivity index (χ1) is 12.1. The van der Waals surface area contributed by atoms with Gasteiger partial charge in [0.2, 0.25) is 5.82 Å². The fraction of sp³-hybridized carbons (Fsp3) is 0.278. The van der Waals surface area contributed by atoms with Gasteiger partial charge in [-0.3, -0.25) is 9.59 Å². The number of H-pyrrole nitrogens is 1. The molecule has 2 N–H and O–H groups in total. The van der Waals surface area contributed by atoms with Crippen LogP contribution in [0.15, 0.2) is 29.1 Å². The quantitative estimate of drug-likeness (QED) is 0.754. The summed E-state index contributed by atoms with van der Waals surface area (Å²) in [6.07, 6.45) is 3.45. The zero-order valence-electron chi connectivity index (χ0n) is 13.4. The number of amides is 1. The van der Waals surface area contributed by atoms with Gasteiger partial charge in [-0.2, -0.15) is 0 Å². The number of hydrogen-bond acceptors (Lipinski definition) is 4. The molecule has 0 radical (unpaired) electrons. The Morgan fingerprint density at radius 2 is 2.24 bits per heavy atom.